The summed E-state index contributed by atoms with van der Waals surface area (Å²) in [6, 6.07) is 0. The summed E-state index contributed by atoms with van der Waals surface area (Å²) in [6.45, 7) is 14.9. The Labute approximate surface area is 214 Å². The Morgan fingerprint density at radius 1 is 0.944 bits per heavy atom. The van der Waals surface area contributed by atoms with Gasteiger partial charge in [-0.2, -0.15) is 0 Å². The van der Waals surface area contributed by atoms with Crippen molar-refractivity contribution in [2.45, 2.75) is 98.0 Å². The van der Waals surface area contributed by atoms with Crippen molar-refractivity contribution in [2.75, 3.05) is 0 Å². The number of carboxylic acid groups (broad SMARTS) is 2. The van der Waals surface area contributed by atoms with E-state index in [0.717, 1.165) is 37.7 Å². The summed E-state index contributed by atoms with van der Waals surface area (Å²) in [5.74, 6) is -2.15. The molecule has 1 saturated heterocycles. The third-order valence-electron chi connectivity index (χ3n) is 13.6. The highest BCUT2D eigenvalue weighted by Gasteiger charge is 2.81. The summed E-state index contributed by atoms with van der Waals surface area (Å²) >= 11 is 0. The van der Waals surface area contributed by atoms with Crippen molar-refractivity contribution in [3.63, 3.8) is 0 Å². The first-order valence-electron chi connectivity index (χ1n) is 14.0. The Bertz CT molecular complexity index is 1090. The van der Waals surface area contributed by atoms with E-state index >= 15 is 0 Å². The van der Waals surface area contributed by atoms with Gasteiger partial charge in [-0.3, -0.25) is 14.4 Å². The number of esters is 1. The standard InChI is InChI=1S/C30H42O6/c1-16(2)30-14-12-28(24(35)36-30)11-13-29(23(33)34)17(21(28)30)7-8-20-26(29,5)10-9-19-25(3,4)15-18(22(31)32)27(19,20)6/h17-21H,1,7-15H2,2-6H3,(H,31,32)(H,33,34)/t17-,18-,19+,20+,21-,26-,27+,28-,29-,30+/m1/s1. The molecule has 2 bridgehead atoms. The zero-order chi connectivity index (χ0) is 26.3. The quantitative estimate of drug-likeness (QED) is 0.382. The Morgan fingerprint density at radius 3 is 2.19 bits per heavy atom. The Hall–Kier alpha value is -1.85. The van der Waals surface area contributed by atoms with Gasteiger partial charge in [0, 0.05) is 5.92 Å². The van der Waals surface area contributed by atoms with Crippen LogP contribution in [0.1, 0.15) is 92.4 Å². The normalized spacial score (nSPS) is 54.0. The van der Waals surface area contributed by atoms with Crippen molar-refractivity contribution in [1.29, 1.82) is 0 Å². The van der Waals surface area contributed by atoms with Gasteiger partial charge in [-0.1, -0.05) is 34.3 Å². The van der Waals surface area contributed by atoms with Crippen LogP contribution in [-0.2, 0) is 19.1 Å². The molecule has 0 aromatic rings. The lowest BCUT2D eigenvalue weighted by Gasteiger charge is -2.69. The van der Waals surface area contributed by atoms with E-state index in [1.165, 1.54) is 0 Å². The van der Waals surface area contributed by atoms with Crippen molar-refractivity contribution in [1.82, 2.24) is 0 Å². The average Bonchev–Trinajstić information content (AvgIpc) is 3.33. The second-order valence-electron chi connectivity index (χ2n) is 14.7. The lowest BCUT2D eigenvalue weighted by Crippen LogP contribution is -2.68. The number of carbonyl (C=O) groups excluding carboxylic acids is 1. The molecule has 6 aliphatic rings. The van der Waals surface area contributed by atoms with E-state index < -0.39 is 45.1 Å². The molecular formula is C30H42O6. The highest BCUT2D eigenvalue weighted by atomic mass is 16.6. The van der Waals surface area contributed by atoms with E-state index in [1.54, 1.807) is 0 Å². The summed E-state index contributed by atoms with van der Waals surface area (Å²) in [4.78, 5) is 39.6. The fourth-order valence-corrected chi connectivity index (χ4v) is 12.3. The molecular weight excluding hydrogens is 456 g/mol. The molecule has 0 aromatic carbocycles. The highest BCUT2D eigenvalue weighted by Crippen LogP contribution is 2.80. The highest BCUT2D eigenvalue weighted by molar-refractivity contribution is 5.85. The molecule has 6 rings (SSSR count). The van der Waals surface area contributed by atoms with Gasteiger partial charge in [0.2, 0.25) is 0 Å². The van der Waals surface area contributed by atoms with Gasteiger partial charge in [0.1, 0.15) is 5.60 Å². The molecule has 0 unspecified atom stereocenters. The van der Waals surface area contributed by atoms with Gasteiger partial charge in [0.15, 0.2) is 0 Å². The van der Waals surface area contributed by atoms with Crippen LogP contribution in [0.15, 0.2) is 12.2 Å². The molecule has 2 N–H and O–H groups in total. The maximum atomic E-state index is 13.6. The van der Waals surface area contributed by atoms with Crippen LogP contribution in [-0.4, -0.2) is 33.7 Å². The van der Waals surface area contributed by atoms with Crippen molar-refractivity contribution in [2.24, 2.45) is 56.7 Å². The van der Waals surface area contributed by atoms with Crippen molar-refractivity contribution in [3.05, 3.63) is 12.2 Å². The van der Waals surface area contributed by atoms with Gasteiger partial charge in [-0.15, -0.1) is 0 Å². The smallest absolute Gasteiger partial charge is 0.313 e. The SMILES string of the molecule is C=C(C)[C@@]12CC[C@@]3(CC[C@]4(C(=O)O)[C@H](CC[C@@H]5[C@@]6(C)[C@@H](C(=O)O)CC(C)(C)[C@@H]6CC[C@]54C)[C@H]31)C(=O)O2. The molecule has 6 fully saturated rings. The van der Waals surface area contributed by atoms with Crippen LogP contribution in [0.3, 0.4) is 0 Å². The van der Waals surface area contributed by atoms with Crippen molar-refractivity contribution < 1.29 is 29.3 Å². The summed E-state index contributed by atoms with van der Waals surface area (Å²) in [7, 11) is 0. The van der Waals surface area contributed by atoms with Crippen LogP contribution in [0.4, 0.5) is 0 Å². The van der Waals surface area contributed by atoms with Crippen LogP contribution in [0, 0.1) is 56.7 Å². The molecule has 36 heavy (non-hydrogen) atoms. The zero-order valence-corrected chi connectivity index (χ0v) is 22.5. The van der Waals surface area contributed by atoms with Gasteiger partial charge in [-0.05, 0) is 104 Å². The number of hydrogen-bond donors (Lipinski definition) is 2. The first-order chi connectivity index (χ1) is 16.6. The summed E-state index contributed by atoms with van der Waals surface area (Å²) in [5, 5.41) is 21.5. The number of rotatable bonds is 3. The summed E-state index contributed by atoms with van der Waals surface area (Å²) < 4.78 is 6.15. The molecule has 6 nitrogen and oxygen atoms in total. The van der Waals surface area contributed by atoms with E-state index in [2.05, 4.69) is 34.3 Å². The molecule has 198 valence electrons. The number of hydrogen-bond acceptors (Lipinski definition) is 4. The van der Waals surface area contributed by atoms with E-state index in [4.69, 9.17) is 4.74 Å². The molecule has 10 atom stereocenters. The fourth-order valence-electron chi connectivity index (χ4n) is 12.3. The van der Waals surface area contributed by atoms with Gasteiger partial charge in [-0.25, -0.2) is 0 Å². The Kier molecular flexibility index (Phi) is 4.60. The molecule has 0 spiro atoms. The first-order valence-corrected chi connectivity index (χ1v) is 14.0. The van der Waals surface area contributed by atoms with E-state index in [9.17, 15) is 24.6 Å². The Balaban J connectivity index is 1.52. The summed E-state index contributed by atoms with van der Waals surface area (Å²) in [5.41, 5.74) is -2.57. The molecule has 6 heteroatoms. The van der Waals surface area contributed by atoms with Crippen molar-refractivity contribution >= 4 is 17.9 Å². The maximum Gasteiger partial charge on any atom is 0.313 e. The van der Waals surface area contributed by atoms with Crippen LogP contribution < -0.4 is 0 Å². The molecule has 1 aliphatic heterocycles. The van der Waals surface area contributed by atoms with Gasteiger partial charge in [0.25, 0.3) is 0 Å². The number of aliphatic carboxylic acids is 2. The zero-order valence-electron chi connectivity index (χ0n) is 22.5. The minimum Gasteiger partial charge on any atom is -0.481 e. The Morgan fingerprint density at radius 2 is 1.61 bits per heavy atom. The number of carbonyl (C=O) groups is 3. The lowest BCUT2D eigenvalue weighted by atomic mass is 9.33. The predicted octanol–water partition coefficient (Wildman–Crippen LogP) is 5.70. The van der Waals surface area contributed by atoms with Crippen LogP contribution >= 0.6 is 0 Å². The topological polar surface area (TPSA) is 101 Å². The van der Waals surface area contributed by atoms with Gasteiger partial charge >= 0.3 is 17.9 Å². The van der Waals surface area contributed by atoms with E-state index in [0.29, 0.717) is 25.7 Å². The van der Waals surface area contributed by atoms with E-state index in [1.807, 2.05) is 6.92 Å². The molecule has 5 saturated carbocycles. The minimum absolute atomic E-state index is 0.0180. The van der Waals surface area contributed by atoms with Crippen molar-refractivity contribution in [3.8, 4) is 0 Å². The molecule has 5 aliphatic carbocycles. The minimum atomic E-state index is -0.993. The maximum absolute atomic E-state index is 13.6. The fraction of sp³-hybridized carbons (Fsp3) is 0.833. The van der Waals surface area contributed by atoms with Crippen LogP contribution in [0.25, 0.3) is 0 Å². The van der Waals surface area contributed by atoms with Gasteiger partial charge < -0.3 is 14.9 Å². The number of ether oxygens (including phenoxy) is 1. The lowest BCUT2D eigenvalue weighted by molar-refractivity contribution is -0.235. The largest absolute Gasteiger partial charge is 0.481 e. The number of fused-ring (bicyclic) bond motifs is 5. The monoisotopic (exact) mass is 498 g/mol. The molecule has 0 amide bonds. The molecule has 0 radical (unpaired) electrons. The second-order valence-corrected chi connectivity index (χ2v) is 14.7. The second kappa shape index (κ2) is 6.77. The van der Waals surface area contributed by atoms with Gasteiger partial charge in [0.05, 0.1) is 16.7 Å². The van der Waals surface area contributed by atoms with E-state index in [-0.39, 0.29) is 35.1 Å². The molecule has 1 heterocycles. The van der Waals surface area contributed by atoms with Crippen LogP contribution in [0.2, 0.25) is 0 Å². The number of carboxylic acids is 2. The van der Waals surface area contributed by atoms with Crippen LogP contribution in [0.5, 0.6) is 0 Å². The molecule has 0 aromatic heterocycles. The third kappa shape index (κ3) is 2.31. The summed E-state index contributed by atoms with van der Waals surface area (Å²) in [6.07, 6.45) is 6.33. The average molecular weight is 499 g/mol. The predicted molar refractivity (Wildman–Crippen MR) is 133 cm³/mol. The first kappa shape index (κ1) is 24.5. The third-order valence-corrected chi connectivity index (χ3v) is 13.6.